The number of halogens is 2. The predicted molar refractivity (Wildman–Crippen MR) is 146 cm³/mol. The second-order valence-corrected chi connectivity index (χ2v) is 10.5. The first-order chi connectivity index (χ1) is 18.7. The highest BCUT2D eigenvalue weighted by molar-refractivity contribution is 7.91. The van der Waals surface area contributed by atoms with Crippen LogP contribution in [0.1, 0.15) is 23.1 Å². The summed E-state index contributed by atoms with van der Waals surface area (Å²) in [7, 11) is -3.86. The van der Waals surface area contributed by atoms with Crippen LogP contribution in [0.3, 0.4) is 0 Å². The number of pyridine rings is 1. The van der Waals surface area contributed by atoms with Gasteiger partial charge in [0.15, 0.2) is 0 Å². The quantitative estimate of drug-likeness (QED) is 0.235. The van der Waals surface area contributed by atoms with Crippen molar-refractivity contribution in [3.05, 3.63) is 102 Å². The number of ether oxygens (including phenoxy) is 1. The van der Waals surface area contributed by atoms with Crippen molar-refractivity contribution < 1.29 is 21.9 Å². The molecule has 0 bridgehead atoms. The van der Waals surface area contributed by atoms with Crippen molar-refractivity contribution in [3.63, 3.8) is 0 Å². The van der Waals surface area contributed by atoms with E-state index in [1.54, 1.807) is 48.8 Å². The fraction of sp³-hybridized carbons (Fsp3) is 0.107. The van der Waals surface area contributed by atoms with E-state index in [1.165, 1.54) is 24.3 Å². The molecule has 2 aromatic heterocycles. The predicted octanol–water partition coefficient (Wildman–Crippen LogP) is 6.25. The molecule has 2 heterocycles. The summed E-state index contributed by atoms with van der Waals surface area (Å²) in [4.78, 5) is 12.6. The van der Waals surface area contributed by atoms with Gasteiger partial charge in [0.05, 0.1) is 22.7 Å². The molecule has 3 N–H and O–H groups in total. The number of sulfonamides is 1. The van der Waals surface area contributed by atoms with Gasteiger partial charge in [0.1, 0.15) is 5.75 Å². The van der Waals surface area contributed by atoms with Crippen LogP contribution >= 0.6 is 0 Å². The number of hydrogen-bond donors (Lipinski definition) is 2. The number of alkyl halides is 2. The molecule has 0 atom stereocenters. The van der Waals surface area contributed by atoms with Gasteiger partial charge < -0.3 is 10.5 Å². The lowest BCUT2D eigenvalue weighted by Gasteiger charge is -2.16. The number of nitrogens with two attached hydrogens (primary N) is 1. The smallest absolute Gasteiger partial charge is 0.263 e. The van der Waals surface area contributed by atoms with E-state index in [4.69, 9.17) is 10.5 Å². The molecular formula is C28H23F2N5O3S. The summed E-state index contributed by atoms with van der Waals surface area (Å²) in [5, 5.41) is 1.27. The highest BCUT2D eigenvalue weighted by atomic mass is 32.2. The summed E-state index contributed by atoms with van der Waals surface area (Å²) in [5.41, 5.74) is 8.29. The van der Waals surface area contributed by atoms with Crippen LogP contribution in [-0.4, -0.2) is 23.4 Å². The number of nitrogens with zero attached hydrogens (tertiary/aromatic N) is 3. The molecule has 5 rings (SSSR count). The number of nitrogens with one attached hydrogen (secondary N) is 1. The zero-order valence-corrected chi connectivity index (χ0v) is 21.5. The van der Waals surface area contributed by atoms with Crippen molar-refractivity contribution in [2.75, 3.05) is 10.5 Å². The zero-order valence-electron chi connectivity index (χ0n) is 20.7. The van der Waals surface area contributed by atoms with Crippen LogP contribution in [0, 0.1) is 6.92 Å². The lowest BCUT2D eigenvalue weighted by molar-refractivity contribution is 0.151. The van der Waals surface area contributed by atoms with Crippen LogP contribution in [0.2, 0.25) is 0 Å². The van der Waals surface area contributed by atoms with E-state index in [9.17, 15) is 17.2 Å². The molecule has 198 valence electrons. The number of aryl methyl sites for hydroxylation is 1. The van der Waals surface area contributed by atoms with Gasteiger partial charge in [-0.05, 0) is 42.3 Å². The van der Waals surface area contributed by atoms with E-state index in [1.807, 2.05) is 19.1 Å². The SMILES string of the molecule is Cc1ccc2c(NS(=O)(=O)Cc3ccc(C(F)F)cc3)cccc2c1Oc1ncccc1-c1ccnc(N)n1. The number of fused-ring (bicyclic) bond motifs is 1. The molecule has 0 saturated carbocycles. The fourth-order valence-electron chi connectivity index (χ4n) is 4.13. The van der Waals surface area contributed by atoms with Gasteiger partial charge in [0.2, 0.25) is 21.9 Å². The molecule has 3 aromatic carbocycles. The molecule has 5 aromatic rings. The molecule has 8 nitrogen and oxygen atoms in total. The second kappa shape index (κ2) is 10.6. The molecule has 0 unspecified atom stereocenters. The number of hydrogen-bond acceptors (Lipinski definition) is 7. The van der Waals surface area contributed by atoms with Crippen LogP contribution in [-0.2, 0) is 15.8 Å². The molecule has 0 fully saturated rings. The minimum absolute atomic E-state index is 0.116. The first kappa shape index (κ1) is 26.0. The summed E-state index contributed by atoms with van der Waals surface area (Å²) in [6.45, 7) is 1.87. The van der Waals surface area contributed by atoms with Crippen molar-refractivity contribution in [1.82, 2.24) is 15.0 Å². The van der Waals surface area contributed by atoms with Crippen LogP contribution in [0.25, 0.3) is 22.0 Å². The third-order valence-electron chi connectivity index (χ3n) is 5.98. The average molecular weight is 548 g/mol. The van der Waals surface area contributed by atoms with Gasteiger partial charge >= 0.3 is 0 Å². The van der Waals surface area contributed by atoms with Crippen LogP contribution in [0.4, 0.5) is 20.4 Å². The molecule has 11 heteroatoms. The molecule has 0 amide bonds. The largest absolute Gasteiger partial charge is 0.437 e. The van der Waals surface area contributed by atoms with Gasteiger partial charge in [-0.15, -0.1) is 0 Å². The molecule has 0 aliphatic heterocycles. The summed E-state index contributed by atoms with van der Waals surface area (Å²) in [6, 6.07) is 19.3. The minimum Gasteiger partial charge on any atom is -0.437 e. The van der Waals surface area contributed by atoms with Crippen molar-refractivity contribution in [2.45, 2.75) is 19.1 Å². The van der Waals surface area contributed by atoms with Crippen molar-refractivity contribution in [2.24, 2.45) is 0 Å². The number of aromatic nitrogens is 3. The summed E-state index contributed by atoms with van der Waals surface area (Å²) in [6.07, 6.45) is 0.519. The Morgan fingerprint density at radius 1 is 0.923 bits per heavy atom. The zero-order chi connectivity index (χ0) is 27.6. The topological polar surface area (TPSA) is 120 Å². The van der Waals surface area contributed by atoms with Crippen LogP contribution < -0.4 is 15.2 Å². The van der Waals surface area contributed by atoms with Crippen molar-refractivity contribution in [3.8, 4) is 22.9 Å². The van der Waals surface area contributed by atoms with E-state index in [2.05, 4.69) is 19.7 Å². The Hall–Kier alpha value is -4.64. The standard InChI is InChI=1S/C28H23F2N5O3S/c1-17-7-12-20-21(25(17)38-27-22(5-3-14-32-27)23-13-15-33-28(31)34-23)4-2-6-24(20)35-39(36,37)16-18-8-10-19(11-9-18)26(29)30/h2-15,26,35H,16H2,1H3,(H2,31,33,34). The molecule has 39 heavy (non-hydrogen) atoms. The first-order valence-electron chi connectivity index (χ1n) is 11.8. The van der Waals surface area contributed by atoms with Gasteiger partial charge in [-0.2, -0.15) is 0 Å². The fourth-order valence-corrected chi connectivity index (χ4v) is 5.35. The van der Waals surface area contributed by atoms with E-state index in [0.717, 1.165) is 5.56 Å². The Balaban J connectivity index is 1.48. The number of rotatable bonds is 8. The van der Waals surface area contributed by atoms with Gasteiger partial charge in [-0.25, -0.2) is 32.2 Å². The molecule has 0 aliphatic carbocycles. The second-order valence-electron chi connectivity index (χ2n) is 8.77. The van der Waals surface area contributed by atoms with Crippen molar-refractivity contribution >= 4 is 32.4 Å². The summed E-state index contributed by atoms with van der Waals surface area (Å²) in [5.74, 6) is 0.537. The van der Waals surface area contributed by atoms with E-state index in [0.29, 0.717) is 44.9 Å². The normalized spacial score (nSPS) is 11.6. The first-order valence-corrected chi connectivity index (χ1v) is 13.5. The van der Waals surface area contributed by atoms with Crippen molar-refractivity contribution in [1.29, 1.82) is 0 Å². The number of anilines is 2. The molecular weight excluding hydrogens is 524 g/mol. The molecule has 0 saturated heterocycles. The monoisotopic (exact) mass is 547 g/mol. The highest BCUT2D eigenvalue weighted by Crippen LogP contribution is 2.38. The van der Waals surface area contributed by atoms with Gasteiger partial charge in [0, 0.05) is 28.7 Å². The number of benzene rings is 3. The number of nitrogen functional groups attached to an aromatic ring is 1. The Morgan fingerprint density at radius 2 is 1.72 bits per heavy atom. The molecule has 0 spiro atoms. The summed E-state index contributed by atoms with van der Waals surface area (Å²) >= 11 is 0. The lowest BCUT2D eigenvalue weighted by atomic mass is 10.0. The Morgan fingerprint density at radius 3 is 2.46 bits per heavy atom. The maximum atomic E-state index is 13.0. The van der Waals surface area contributed by atoms with Crippen LogP contribution in [0.15, 0.2) is 85.2 Å². The van der Waals surface area contributed by atoms with Gasteiger partial charge in [0.25, 0.3) is 6.43 Å². The third kappa shape index (κ3) is 5.78. The van der Waals surface area contributed by atoms with E-state index in [-0.39, 0.29) is 17.3 Å². The Bertz CT molecular complexity index is 1760. The van der Waals surface area contributed by atoms with E-state index < -0.39 is 16.4 Å². The van der Waals surface area contributed by atoms with Gasteiger partial charge in [-0.3, -0.25) is 4.72 Å². The minimum atomic E-state index is -3.86. The Kier molecular flexibility index (Phi) is 7.07. The van der Waals surface area contributed by atoms with Gasteiger partial charge in [-0.1, -0.05) is 48.5 Å². The molecule has 0 radical (unpaired) electrons. The summed E-state index contributed by atoms with van der Waals surface area (Å²) < 4.78 is 60.6. The van der Waals surface area contributed by atoms with E-state index >= 15 is 0 Å². The lowest BCUT2D eigenvalue weighted by Crippen LogP contribution is -2.15. The Labute approximate surface area is 223 Å². The molecule has 0 aliphatic rings. The average Bonchev–Trinajstić information content (AvgIpc) is 2.90. The highest BCUT2D eigenvalue weighted by Gasteiger charge is 2.18. The van der Waals surface area contributed by atoms with Crippen LogP contribution in [0.5, 0.6) is 11.6 Å². The maximum absolute atomic E-state index is 13.0. The third-order valence-corrected chi connectivity index (χ3v) is 7.23. The maximum Gasteiger partial charge on any atom is 0.263 e.